The molecular formula is C16H30Si2. The van der Waals surface area contributed by atoms with Gasteiger partial charge in [0.25, 0.3) is 0 Å². The molecule has 1 aromatic rings. The van der Waals surface area contributed by atoms with Crippen LogP contribution in [0.2, 0.25) is 32.2 Å². The Hall–Kier alpha value is -0.346. The van der Waals surface area contributed by atoms with Gasteiger partial charge < -0.3 is 0 Å². The minimum Gasteiger partial charge on any atom is -0.0682 e. The van der Waals surface area contributed by atoms with Gasteiger partial charge in [-0.1, -0.05) is 99.5 Å². The lowest BCUT2D eigenvalue weighted by Crippen LogP contribution is -2.42. The van der Waals surface area contributed by atoms with Gasteiger partial charge in [-0.05, 0) is 0 Å². The van der Waals surface area contributed by atoms with Crippen LogP contribution in [0.15, 0.2) is 24.3 Å². The Morgan fingerprint density at radius 1 is 0.944 bits per heavy atom. The number of rotatable bonds is 7. The molecule has 0 atom stereocenters. The van der Waals surface area contributed by atoms with Gasteiger partial charge in [0.1, 0.15) is 0 Å². The molecule has 0 aliphatic carbocycles. The van der Waals surface area contributed by atoms with Crippen molar-refractivity contribution in [2.24, 2.45) is 0 Å². The van der Waals surface area contributed by atoms with E-state index in [2.05, 4.69) is 57.4 Å². The summed E-state index contributed by atoms with van der Waals surface area (Å²) in [6.45, 7) is 12.2. The van der Waals surface area contributed by atoms with E-state index in [-0.39, 0.29) is 0 Å². The van der Waals surface area contributed by atoms with E-state index in [0.29, 0.717) is 0 Å². The van der Waals surface area contributed by atoms with E-state index in [1.54, 1.807) is 10.4 Å². The fourth-order valence-electron chi connectivity index (χ4n) is 2.46. The highest BCUT2D eigenvalue weighted by atomic mass is 28.3. The molecule has 0 unspecified atom stereocenters. The Balaban J connectivity index is 2.60. The van der Waals surface area contributed by atoms with Crippen molar-refractivity contribution >= 4 is 27.2 Å². The van der Waals surface area contributed by atoms with Crippen LogP contribution in [0.4, 0.5) is 0 Å². The Morgan fingerprint density at radius 3 is 2.06 bits per heavy atom. The van der Waals surface area contributed by atoms with E-state index >= 15 is 0 Å². The summed E-state index contributed by atoms with van der Waals surface area (Å²) in [4.78, 5) is 0. The molecule has 0 fully saturated rings. The van der Waals surface area contributed by atoms with Crippen molar-refractivity contribution in [3.05, 3.63) is 24.3 Å². The minimum absolute atomic E-state index is 0.620. The van der Waals surface area contributed by atoms with Gasteiger partial charge in [-0.15, -0.1) is 0 Å². The first-order chi connectivity index (χ1) is 8.47. The molecule has 0 aliphatic rings. The predicted octanol–water partition coefficient (Wildman–Crippen LogP) is 3.88. The average molecular weight is 279 g/mol. The third-order valence-corrected chi connectivity index (χ3v) is 9.23. The van der Waals surface area contributed by atoms with E-state index in [1.807, 2.05) is 0 Å². The van der Waals surface area contributed by atoms with Gasteiger partial charge in [0, 0.05) is 0 Å². The van der Waals surface area contributed by atoms with Crippen molar-refractivity contribution < 1.29 is 0 Å². The number of benzene rings is 1. The first-order valence-corrected chi connectivity index (χ1v) is 13.7. The van der Waals surface area contributed by atoms with Crippen molar-refractivity contribution in [1.29, 1.82) is 0 Å². The zero-order chi connectivity index (χ0) is 13.6. The van der Waals surface area contributed by atoms with E-state index < -0.39 is 16.9 Å². The highest BCUT2D eigenvalue weighted by molar-refractivity contribution is 6.89. The van der Waals surface area contributed by atoms with Gasteiger partial charge in [0.05, 0.1) is 16.9 Å². The predicted molar refractivity (Wildman–Crippen MR) is 91.0 cm³/mol. The summed E-state index contributed by atoms with van der Waals surface area (Å²) in [5, 5.41) is 3.26. The molecule has 18 heavy (non-hydrogen) atoms. The van der Waals surface area contributed by atoms with Crippen molar-refractivity contribution in [2.45, 2.75) is 64.8 Å². The summed E-state index contributed by atoms with van der Waals surface area (Å²) in [5.74, 6) is 0. The second-order valence-corrected chi connectivity index (χ2v) is 14.3. The topological polar surface area (TPSA) is 0 Å². The summed E-state index contributed by atoms with van der Waals surface area (Å²) in [7, 11) is -1.79. The molecular weight excluding hydrogens is 248 g/mol. The molecule has 102 valence electrons. The second-order valence-electron chi connectivity index (χ2n) is 6.47. The van der Waals surface area contributed by atoms with Crippen LogP contribution in [0.25, 0.3) is 0 Å². The zero-order valence-electron chi connectivity index (χ0n) is 12.9. The van der Waals surface area contributed by atoms with Crippen LogP contribution in [-0.4, -0.2) is 16.9 Å². The van der Waals surface area contributed by atoms with Crippen LogP contribution < -0.4 is 10.4 Å². The van der Waals surface area contributed by atoms with Crippen LogP contribution in [0.1, 0.15) is 32.6 Å². The average Bonchev–Trinajstić information content (AvgIpc) is 2.35. The van der Waals surface area contributed by atoms with E-state index in [4.69, 9.17) is 0 Å². The van der Waals surface area contributed by atoms with E-state index in [0.717, 1.165) is 0 Å². The lowest BCUT2D eigenvalue weighted by molar-refractivity contribution is 0.697. The Morgan fingerprint density at radius 2 is 1.56 bits per heavy atom. The smallest absolute Gasteiger partial charge is 0.0682 e. The van der Waals surface area contributed by atoms with Gasteiger partial charge in [0.15, 0.2) is 0 Å². The monoisotopic (exact) mass is 278 g/mol. The lowest BCUT2D eigenvalue weighted by Gasteiger charge is -2.23. The molecule has 0 bridgehead atoms. The maximum absolute atomic E-state index is 2.53. The van der Waals surface area contributed by atoms with Crippen LogP contribution in [-0.2, 0) is 0 Å². The van der Waals surface area contributed by atoms with Crippen molar-refractivity contribution in [3.63, 3.8) is 0 Å². The van der Waals surface area contributed by atoms with Gasteiger partial charge in [-0.25, -0.2) is 0 Å². The summed E-state index contributed by atoms with van der Waals surface area (Å²) >= 11 is 0. The molecule has 0 nitrogen and oxygen atoms in total. The van der Waals surface area contributed by atoms with Crippen molar-refractivity contribution in [3.8, 4) is 0 Å². The molecule has 0 heterocycles. The summed E-state index contributed by atoms with van der Waals surface area (Å²) in [6.07, 6.45) is 5.59. The standard InChI is InChI=1S/C16H30Si2/c1-6-7-8-9-14-18(4,5)16-12-10-15(11-13-16)17(2)3/h10-13,17H,6-9,14H2,1-5H3. The lowest BCUT2D eigenvalue weighted by atomic mass is 10.2. The molecule has 0 aliphatic heterocycles. The van der Waals surface area contributed by atoms with Crippen LogP contribution in [0, 0.1) is 0 Å². The Labute approximate surface area is 116 Å². The molecule has 0 N–H and O–H groups in total. The fourth-order valence-corrected chi connectivity index (χ4v) is 5.91. The van der Waals surface area contributed by atoms with Crippen LogP contribution >= 0.6 is 0 Å². The molecule has 0 amide bonds. The maximum atomic E-state index is 2.53. The number of hydrogen-bond acceptors (Lipinski definition) is 0. The highest BCUT2D eigenvalue weighted by Gasteiger charge is 2.22. The van der Waals surface area contributed by atoms with E-state index in [1.165, 1.54) is 31.7 Å². The molecule has 1 rings (SSSR count). The summed E-state index contributed by atoms with van der Waals surface area (Å²) in [6, 6.07) is 11.1. The molecule has 0 saturated carbocycles. The van der Waals surface area contributed by atoms with Crippen molar-refractivity contribution in [2.75, 3.05) is 0 Å². The highest BCUT2D eigenvalue weighted by Crippen LogP contribution is 2.15. The molecule has 0 saturated heterocycles. The minimum atomic E-state index is -1.17. The SMILES string of the molecule is CCCCCC[Si](C)(C)c1ccc([SiH](C)C)cc1. The third-order valence-electron chi connectivity index (χ3n) is 4.01. The largest absolute Gasteiger partial charge is 0.0806 e. The first kappa shape index (κ1) is 15.7. The molecule has 2 heteroatoms. The van der Waals surface area contributed by atoms with Gasteiger partial charge >= 0.3 is 0 Å². The molecule has 1 aromatic carbocycles. The fraction of sp³-hybridized carbons (Fsp3) is 0.625. The number of unbranched alkanes of at least 4 members (excludes halogenated alkanes) is 3. The molecule has 0 spiro atoms. The van der Waals surface area contributed by atoms with Crippen molar-refractivity contribution in [1.82, 2.24) is 0 Å². The van der Waals surface area contributed by atoms with Crippen LogP contribution in [0.3, 0.4) is 0 Å². The van der Waals surface area contributed by atoms with Gasteiger partial charge in [0.2, 0.25) is 0 Å². The van der Waals surface area contributed by atoms with Crippen LogP contribution in [0.5, 0.6) is 0 Å². The van der Waals surface area contributed by atoms with Gasteiger partial charge in [-0.2, -0.15) is 0 Å². The second kappa shape index (κ2) is 7.29. The van der Waals surface area contributed by atoms with Gasteiger partial charge in [-0.3, -0.25) is 0 Å². The third kappa shape index (κ3) is 4.73. The molecule has 0 radical (unpaired) electrons. The number of hydrogen-bond donors (Lipinski definition) is 0. The van der Waals surface area contributed by atoms with E-state index in [9.17, 15) is 0 Å². The first-order valence-electron chi connectivity index (χ1n) is 7.58. The Bertz CT molecular complexity index is 339. The summed E-state index contributed by atoms with van der Waals surface area (Å²) in [5.41, 5.74) is 0. The molecule has 0 aromatic heterocycles. The zero-order valence-corrected chi connectivity index (χ0v) is 15.1. The maximum Gasteiger partial charge on any atom is 0.0806 e. The normalized spacial score (nSPS) is 12.1. The Kier molecular flexibility index (Phi) is 6.37. The quantitative estimate of drug-likeness (QED) is 0.524. The summed E-state index contributed by atoms with van der Waals surface area (Å²) < 4.78 is 0.